The molecule has 0 atom stereocenters. The summed E-state index contributed by atoms with van der Waals surface area (Å²) in [6.07, 6.45) is 14.7. The number of hydrogen-bond acceptors (Lipinski definition) is 3. The van der Waals surface area contributed by atoms with Gasteiger partial charge in [0.25, 0.3) is 0 Å². The second-order valence-corrected chi connectivity index (χ2v) is 11.6. The van der Waals surface area contributed by atoms with Gasteiger partial charge in [0, 0.05) is 49.6 Å². The summed E-state index contributed by atoms with van der Waals surface area (Å²) in [6, 6.07) is 18.5. The van der Waals surface area contributed by atoms with Crippen LogP contribution in [-0.4, -0.2) is 15.9 Å². The molecule has 6 rings (SSSR count). The number of carbonyl (C=O) groups is 1. The molecule has 41 heavy (non-hydrogen) atoms. The van der Waals surface area contributed by atoms with Gasteiger partial charge < -0.3 is 10.1 Å². The number of aryl methyl sites for hydroxylation is 2. The molecule has 0 aliphatic heterocycles. The Labute approximate surface area is 256 Å². The Balaban J connectivity index is 0.000000193. The summed E-state index contributed by atoms with van der Waals surface area (Å²) in [6.45, 7) is 4.08. The van der Waals surface area contributed by atoms with Gasteiger partial charge in [-0.05, 0) is 59.7 Å². The number of fused-ring (bicyclic) bond motifs is 3. The zero-order valence-electron chi connectivity index (χ0n) is 24.0. The number of pyridine rings is 1. The van der Waals surface area contributed by atoms with Crippen LogP contribution in [0, 0.1) is 37.6 Å². The fourth-order valence-corrected chi connectivity index (χ4v) is 6.40. The summed E-state index contributed by atoms with van der Waals surface area (Å²) >= 11 is 0. The summed E-state index contributed by atoms with van der Waals surface area (Å²) in [5.74, 6) is 0.786. The fraction of sp³-hybridized carbons (Fsp3) is 0.389. The second kappa shape index (κ2) is 14.3. The number of hydrogen-bond donors (Lipinski definition) is 1. The minimum atomic E-state index is -0.199. The zero-order valence-corrected chi connectivity index (χ0v) is 26.4. The van der Waals surface area contributed by atoms with E-state index in [4.69, 9.17) is 0 Å². The number of nitrogens with zero attached hydrogens (tertiary/aromatic N) is 1. The van der Waals surface area contributed by atoms with Crippen LogP contribution >= 0.6 is 0 Å². The Morgan fingerprint density at radius 1 is 0.902 bits per heavy atom. The van der Waals surface area contributed by atoms with E-state index in [1.165, 1.54) is 50.2 Å². The first-order valence-corrected chi connectivity index (χ1v) is 14.8. The van der Waals surface area contributed by atoms with E-state index in [9.17, 15) is 14.3 Å². The molecule has 0 spiro atoms. The van der Waals surface area contributed by atoms with Crippen LogP contribution in [0.5, 0.6) is 0 Å². The maximum Gasteiger partial charge on any atom is 0.162 e. The molecule has 1 N–H and O–H groups in total. The van der Waals surface area contributed by atoms with Gasteiger partial charge in [0.1, 0.15) is 5.82 Å². The van der Waals surface area contributed by atoms with Crippen LogP contribution in [-0.2, 0) is 24.9 Å². The van der Waals surface area contributed by atoms with E-state index in [0.29, 0.717) is 11.1 Å². The predicted octanol–water partition coefficient (Wildman–Crippen LogP) is 9.77. The van der Waals surface area contributed by atoms with E-state index < -0.39 is 0 Å². The third kappa shape index (κ3) is 7.50. The van der Waals surface area contributed by atoms with E-state index >= 15 is 0 Å². The molecule has 0 saturated heterocycles. The molecule has 2 saturated carbocycles. The van der Waals surface area contributed by atoms with Crippen LogP contribution < -0.4 is 0 Å². The van der Waals surface area contributed by atoms with Gasteiger partial charge in [0.15, 0.2) is 5.78 Å². The van der Waals surface area contributed by atoms with Crippen molar-refractivity contribution in [2.75, 3.05) is 0 Å². The Hall–Kier alpha value is -2.88. The van der Waals surface area contributed by atoms with Crippen LogP contribution in [0.25, 0.3) is 32.8 Å². The number of benzene rings is 3. The van der Waals surface area contributed by atoms with Gasteiger partial charge in [0.05, 0.1) is 5.76 Å². The van der Waals surface area contributed by atoms with Crippen molar-refractivity contribution in [2.24, 2.45) is 11.8 Å². The molecule has 0 amide bonds. The van der Waals surface area contributed by atoms with Gasteiger partial charge in [-0.25, -0.2) is 4.39 Å². The van der Waals surface area contributed by atoms with E-state index in [1.807, 2.05) is 31.2 Å². The normalized spacial score (nSPS) is 16.6. The number of carbonyl (C=O) groups excluding carboxylic acids is 1. The molecule has 4 aromatic rings. The van der Waals surface area contributed by atoms with E-state index in [-0.39, 0.29) is 43.5 Å². The SMILES string of the molecule is Cc1[c-]c(-c2nccc3c2ccc2cccc(F)c23)cc(C)c1.O=C(/C=C(\O)C1CCCCC1)C1CCCCC1.[Ir]. The number of aromatic nitrogens is 1. The Kier molecular flexibility index (Phi) is 10.9. The molecule has 3 aromatic carbocycles. The van der Waals surface area contributed by atoms with E-state index in [0.717, 1.165) is 58.7 Å². The first-order valence-electron chi connectivity index (χ1n) is 14.8. The van der Waals surface area contributed by atoms with Crippen LogP contribution in [0.3, 0.4) is 0 Å². The largest absolute Gasteiger partial charge is 0.512 e. The predicted molar refractivity (Wildman–Crippen MR) is 162 cm³/mol. The van der Waals surface area contributed by atoms with Gasteiger partial charge in [-0.15, -0.1) is 34.9 Å². The third-order valence-electron chi connectivity index (χ3n) is 8.46. The minimum absolute atomic E-state index is 0. The molecule has 2 fully saturated rings. The quantitative estimate of drug-likeness (QED) is 0.0986. The van der Waals surface area contributed by atoms with Gasteiger partial charge in [-0.1, -0.05) is 76.6 Å². The molecular weight excluding hydrogens is 690 g/mol. The molecule has 0 bridgehead atoms. The molecule has 1 aromatic heterocycles. The van der Waals surface area contributed by atoms with Crippen molar-refractivity contribution >= 4 is 27.3 Å². The van der Waals surface area contributed by atoms with Gasteiger partial charge in [0.2, 0.25) is 0 Å². The van der Waals surface area contributed by atoms with Crippen molar-refractivity contribution in [2.45, 2.75) is 78.1 Å². The molecule has 0 unspecified atom stereocenters. The summed E-state index contributed by atoms with van der Waals surface area (Å²) in [7, 11) is 0. The topological polar surface area (TPSA) is 50.2 Å². The maximum atomic E-state index is 14.4. The summed E-state index contributed by atoms with van der Waals surface area (Å²) in [5, 5.41) is 13.4. The average Bonchev–Trinajstić information content (AvgIpc) is 2.97. The Bertz CT molecular complexity index is 1510. The van der Waals surface area contributed by atoms with Gasteiger partial charge in [-0.3, -0.25) is 4.79 Å². The number of allylic oxidation sites excluding steroid dienone is 2. The standard InChI is InChI=1S/C21H15FN.C15H24O2.Ir/c1-13-10-14(2)12-16(11-13)21-18-7-6-15-4-3-5-19(22)20(15)17(18)8-9-23-21;16-14(12-7-3-1-4-8-12)11-15(17)13-9-5-2-6-10-13;/h3-11H,1-2H3;11-13,16H,1-10H2;/q-1;;/b;14-11-;. The molecule has 5 heteroatoms. The first kappa shape index (κ1) is 31.1. The van der Waals surface area contributed by atoms with Gasteiger partial charge in [-0.2, -0.15) is 0 Å². The summed E-state index contributed by atoms with van der Waals surface area (Å²) in [4.78, 5) is 16.6. The van der Waals surface area contributed by atoms with Crippen molar-refractivity contribution in [3.8, 4) is 11.3 Å². The number of aliphatic hydroxyl groups is 1. The van der Waals surface area contributed by atoms with Crippen molar-refractivity contribution in [1.82, 2.24) is 4.98 Å². The van der Waals surface area contributed by atoms with Crippen molar-refractivity contribution in [3.63, 3.8) is 0 Å². The molecule has 217 valence electrons. The molecule has 1 radical (unpaired) electrons. The van der Waals surface area contributed by atoms with Gasteiger partial charge >= 0.3 is 0 Å². The maximum absolute atomic E-state index is 14.4. The van der Waals surface area contributed by atoms with Crippen LogP contribution in [0.4, 0.5) is 4.39 Å². The summed E-state index contributed by atoms with van der Waals surface area (Å²) < 4.78 is 14.4. The number of aliphatic hydroxyl groups excluding tert-OH is 1. The van der Waals surface area contributed by atoms with Crippen LogP contribution in [0.1, 0.15) is 75.3 Å². The van der Waals surface area contributed by atoms with Crippen LogP contribution in [0.15, 0.2) is 66.6 Å². The van der Waals surface area contributed by atoms with Crippen molar-refractivity contribution in [3.05, 3.63) is 89.6 Å². The Morgan fingerprint density at radius 3 is 2.27 bits per heavy atom. The van der Waals surface area contributed by atoms with E-state index in [2.05, 4.69) is 30.1 Å². The second-order valence-electron chi connectivity index (χ2n) is 11.6. The average molecular weight is 729 g/mol. The summed E-state index contributed by atoms with van der Waals surface area (Å²) in [5.41, 5.74) is 4.04. The smallest absolute Gasteiger partial charge is 0.162 e. The molecule has 1 heterocycles. The number of ketones is 1. The number of halogens is 1. The zero-order chi connectivity index (χ0) is 28.1. The molecule has 3 nitrogen and oxygen atoms in total. The molecule has 2 aliphatic rings. The first-order chi connectivity index (χ1) is 19.4. The van der Waals surface area contributed by atoms with E-state index in [1.54, 1.807) is 18.3 Å². The van der Waals surface area contributed by atoms with Crippen molar-refractivity contribution < 1.29 is 34.4 Å². The minimum Gasteiger partial charge on any atom is -0.512 e. The molecular formula is C36H39FIrNO2-. The van der Waals surface area contributed by atoms with Crippen molar-refractivity contribution in [1.29, 1.82) is 0 Å². The third-order valence-corrected chi connectivity index (χ3v) is 8.46. The Morgan fingerprint density at radius 2 is 1.59 bits per heavy atom. The monoisotopic (exact) mass is 729 g/mol. The van der Waals surface area contributed by atoms with Crippen LogP contribution in [0.2, 0.25) is 0 Å². The number of rotatable bonds is 4. The molecule has 2 aliphatic carbocycles. The fourth-order valence-electron chi connectivity index (χ4n) is 6.40.